The van der Waals surface area contributed by atoms with Crippen molar-refractivity contribution in [3.8, 4) is 0 Å². The van der Waals surface area contributed by atoms with E-state index in [0.717, 1.165) is 64.2 Å². The number of carbonyl (C=O) groups excluding carboxylic acids is 1. The van der Waals surface area contributed by atoms with Crippen LogP contribution in [0.3, 0.4) is 0 Å². The van der Waals surface area contributed by atoms with Crippen LogP contribution in [0.4, 0.5) is 0 Å². The summed E-state index contributed by atoms with van der Waals surface area (Å²) >= 11 is 0. The molecule has 5 heterocycles. The van der Waals surface area contributed by atoms with Gasteiger partial charge in [0, 0.05) is 56.8 Å². The molecule has 26 nitrogen and oxygen atoms in total. The van der Waals surface area contributed by atoms with Gasteiger partial charge in [-0.05, 0) is 98.8 Å². The molecule has 0 spiro atoms. The molecule has 5 aliphatic heterocycles. The number of hydrogen-bond acceptors (Lipinski definition) is 26. The van der Waals surface area contributed by atoms with Crippen LogP contribution in [0.25, 0.3) is 0 Å². The molecule has 0 aromatic rings. The van der Waals surface area contributed by atoms with Gasteiger partial charge in [0.25, 0.3) is 10.1 Å². The number of aliphatic hydroxyl groups is 5. The molecular formula is C101H203Na2O26S3-. The Kier molecular flexibility index (Phi) is 103. The molecule has 5 rings (SSSR count). The predicted octanol–water partition coefficient (Wildman–Crippen LogP) is 17.1. The molecule has 4 unspecified atom stereocenters. The third-order valence-electron chi connectivity index (χ3n) is 24.2. The summed E-state index contributed by atoms with van der Waals surface area (Å²) in [5.74, 6) is -2.05. The molecule has 4 atom stereocenters. The van der Waals surface area contributed by atoms with Gasteiger partial charge in [0.15, 0.2) is 23.1 Å². The van der Waals surface area contributed by atoms with Crippen molar-refractivity contribution in [2.45, 2.75) is 540 Å². The first-order valence-electron chi connectivity index (χ1n) is 52.6. The van der Waals surface area contributed by atoms with Gasteiger partial charge in [-0.25, -0.2) is 16.8 Å². The molecule has 5 saturated heterocycles. The van der Waals surface area contributed by atoms with Gasteiger partial charge in [0.2, 0.25) is 0 Å². The number of aliphatic hydroxyl groups excluding tert-OH is 5. The Hall–Kier alpha value is 0.760. The number of rotatable bonds is 76. The molecule has 0 saturated carbocycles. The van der Waals surface area contributed by atoms with Gasteiger partial charge in [0.1, 0.15) is 36.3 Å². The maximum atomic E-state index is 10.7. The standard InChI is InChI=1S/2C22H44O6S.2C18H36O3.C15H30O.C3H6O3S.C3H8O3.2Na.H2O/c1-3-4-5-6-7-8-9-10-11-12-13-16-22(2)27-19-21(20-28-22)26-17-14-15-18-29(23,24)25;1-3-4-5-6-7-8-9-10-11-12-13-16-22(2)27-20-21(28-22)19-26-17-14-15-18-29(23,24)25;1-3-4-5-6-7-8-9-10-11-12-13-14-18(2)20-15-17(19)16-21-18;1-3-4-5-6-7-8-9-10-11-12-13-14-18(2)20-16-17(15-19)21-18;1-3-4-5-6-7-8-9-10-11-12-13-14-15(2)16;4-7(5)3-1-2-6-7;4-1-3(6)2-5;;;/h2*21H,3-20H2,1-2H3,(H,23,24,25);2*17,19H,3-16H2,1-2H3;3-14H2,1-2H3;1-3H2;3-6H,1-2H2;;;1H2/q;;;;;;;2*+1;/p-3. The summed E-state index contributed by atoms with van der Waals surface area (Å²) in [6, 6.07) is 0. The van der Waals surface area contributed by atoms with Crippen LogP contribution in [0.2, 0.25) is 0 Å². The summed E-state index contributed by atoms with van der Waals surface area (Å²) in [5, 5.41) is 42.4. The van der Waals surface area contributed by atoms with Crippen molar-refractivity contribution in [1.29, 1.82) is 0 Å². The Morgan fingerprint density at radius 3 is 0.924 bits per heavy atom. The SMILES string of the molecule is CCCCCCCCCCCCCC(C)=O.CCCCCCCCCCCCCC1(C)OCC(CO)O1.CCCCCCCCCCCCCC1(C)OCC(COCCCCS(=O)(=O)[O-])O1.CCCCCCCCCCCCCC1(C)OCC(O)CO1.CCCCCCCCCCCCCC1(C)OCC(OCCCCS(=O)(=O)[O-])CO1.O=S1(=O)CCCO1.OCC(O)CO.[Na+].[Na+].[OH-]. The van der Waals surface area contributed by atoms with Crippen LogP contribution in [0.5, 0.6) is 0 Å². The smallest absolute Gasteiger partial charge is 0.870 e. The summed E-state index contributed by atoms with van der Waals surface area (Å²) < 4.78 is 145. The molecule has 5 fully saturated rings. The minimum Gasteiger partial charge on any atom is -0.870 e. The summed E-state index contributed by atoms with van der Waals surface area (Å²) in [6.07, 6.45) is 79.0. The summed E-state index contributed by atoms with van der Waals surface area (Å²) in [5.41, 5.74) is 0. The van der Waals surface area contributed by atoms with Crippen LogP contribution in [-0.2, 0) is 86.7 Å². The molecule has 0 amide bonds. The molecular weight excluding hydrogens is 1770 g/mol. The van der Waals surface area contributed by atoms with Gasteiger partial charge in [-0.2, -0.15) is 8.42 Å². The molecule has 0 bridgehead atoms. The number of unbranched alkanes of at least 4 members (excludes halogenated alkanes) is 52. The van der Waals surface area contributed by atoms with Gasteiger partial charge in [-0.15, -0.1) is 0 Å². The molecule has 132 heavy (non-hydrogen) atoms. The van der Waals surface area contributed by atoms with Gasteiger partial charge in [-0.1, -0.05) is 356 Å². The first-order valence-corrected chi connectivity index (χ1v) is 57.4. The van der Waals surface area contributed by atoms with Crippen molar-refractivity contribution in [1.82, 2.24) is 0 Å². The Balaban J connectivity index is -0.000000494. The van der Waals surface area contributed by atoms with Crippen LogP contribution >= 0.6 is 0 Å². The van der Waals surface area contributed by atoms with Crippen LogP contribution in [0, 0.1) is 0 Å². The number of Topliss-reactive ketones (excluding diaryl/α,β-unsaturated/α-hetero) is 1. The molecule has 5 aliphatic rings. The van der Waals surface area contributed by atoms with Crippen LogP contribution in [0.1, 0.15) is 487 Å². The number of carbonyl (C=O) groups is 1. The van der Waals surface area contributed by atoms with Gasteiger partial charge in [-0.3, -0.25) is 4.18 Å². The topological polar surface area (TPSA) is 398 Å². The summed E-state index contributed by atoms with van der Waals surface area (Å²) in [7, 11) is -11.3. The van der Waals surface area contributed by atoms with E-state index in [0.29, 0.717) is 104 Å². The first-order chi connectivity index (χ1) is 61.8. The van der Waals surface area contributed by atoms with Gasteiger partial charge in [0.05, 0.1) is 98.7 Å². The van der Waals surface area contributed by atoms with Crippen LogP contribution < -0.4 is 59.1 Å². The van der Waals surface area contributed by atoms with E-state index in [-0.39, 0.29) is 120 Å². The van der Waals surface area contributed by atoms with Crippen LogP contribution in [-0.4, -0.2) is 228 Å². The van der Waals surface area contributed by atoms with E-state index in [1.165, 1.54) is 321 Å². The van der Waals surface area contributed by atoms with E-state index in [1.807, 2.05) is 27.7 Å². The molecule has 784 valence electrons. The van der Waals surface area contributed by atoms with E-state index in [2.05, 4.69) is 38.8 Å². The van der Waals surface area contributed by atoms with E-state index >= 15 is 0 Å². The second-order valence-corrected chi connectivity index (χ2v) is 42.6. The zero-order chi connectivity index (χ0) is 96.0. The Bertz CT molecular complexity index is 2690. The predicted molar refractivity (Wildman–Crippen MR) is 523 cm³/mol. The first kappa shape index (κ1) is 141. The average molecular weight is 1980 g/mol. The zero-order valence-electron chi connectivity index (χ0n) is 86.7. The zero-order valence-corrected chi connectivity index (χ0v) is 93.2. The average Bonchev–Trinajstić information content (AvgIpc) is 1.69. The fourth-order valence-electron chi connectivity index (χ4n) is 15.8. The van der Waals surface area contributed by atoms with Crippen molar-refractivity contribution in [2.24, 2.45) is 0 Å². The molecule has 6 N–H and O–H groups in total. The minimum absolute atomic E-state index is 0. The number of ketones is 1. The van der Waals surface area contributed by atoms with E-state index in [9.17, 15) is 44.3 Å². The number of hydrogen-bond donors (Lipinski definition) is 5. The number of ether oxygens (including phenoxy) is 10. The fraction of sp³-hybridized carbons (Fsp3) is 0.990. The van der Waals surface area contributed by atoms with Crippen LogP contribution in [0.15, 0.2) is 0 Å². The summed E-state index contributed by atoms with van der Waals surface area (Å²) in [6.45, 7) is 24.9. The third-order valence-corrected chi connectivity index (χ3v) is 27.1. The van der Waals surface area contributed by atoms with E-state index in [1.54, 1.807) is 6.92 Å². The maximum absolute atomic E-state index is 10.7. The van der Waals surface area contributed by atoms with Crippen molar-refractivity contribution >= 4 is 36.1 Å². The van der Waals surface area contributed by atoms with Gasteiger partial charge < -0.3 is 92.3 Å². The van der Waals surface area contributed by atoms with E-state index < -0.39 is 65.7 Å². The van der Waals surface area contributed by atoms with Crippen molar-refractivity contribution in [3.63, 3.8) is 0 Å². The molecule has 0 aromatic carbocycles. The minimum atomic E-state index is -4.12. The normalized spacial score (nSPS) is 21.4. The van der Waals surface area contributed by atoms with E-state index in [4.69, 9.17) is 67.8 Å². The summed E-state index contributed by atoms with van der Waals surface area (Å²) in [4.78, 5) is 10.7. The fourth-order valence-corrected chi connectivity index (χ4v) is 17.9. The molecule has 31 heteroatoms. The monoisotopic (exact) mass is 1970 g/mol. The van der Waals surface area contributed by atoms with Crippen molar-refractivity contribution in [3.05, 3.63) is 0 Å². The Morgan fingerprint density at radius 2 is 0.667 bits per heavy atom. The maximum Gasteiger partial charge on any atom is 1.00 e. The Labute approximate surface area is 853 Å². The second kappa shape index (κ2) is 96.5. The molecule has 0 aliphatic carbocycles. The molecule has 0 radical (unpaired) electrons. The molecule has 0 aromatic heterocycles. The Morgan fingerprint density at radius 1 is 0.394 bits per heavy atom. The second-order valence-electron chi connectivity index (χ2n) is 37.8. The van der Waals surface area contributed by atoms with Crippen molar-refractivity contribution < 1.29 is 181 Å². The quantitative estimate of drug-likeness (QED) is 0.0163. The third kappa shape index (κ3) is 98.2. The van der Waals surface area contributed by atoms with Crippen molar-refractivity contribution in [2.75, 3.05) is 103 Å². The van der Waals surface area contributed by atoms with Gasteiger partial charge >= 0.3 is 59.1 Å². The largest absolute Gasteiger partial charge is 1.00 e.